The van der Waals surface area contributed by atoms with Gasteiger partial charge in [-0.05, 0) is 76.4 Å². The molecule has 235 valence electrons. The molecule has 4 aromatic rings. The Labute approximate surface area is 289 Å². The fourth-order valence-electron chi connectivity index (χ4n) is 4.39. The number of methoxy groups -OCH3 is 2. The van der Waals surface area contributed by atoms with Gasteiger partial charge in [0.25, 0.3) is 0 Å². The maximum Gasteiger partial charge on any atom is 1.00 e. The Morgan fingerprint density at radius 3 is 1.82 bits per heavy atom. The van der Waals surface area contributed by atoms with E-state index in [1.54, 1.807) is 25.1 Å². The molecule has 1 unspecified atom stereocenters. The number of ether oxygens (including phenoxy) is 2. The van der Waals surface area contributed by atoms with Crippen LogP contribution in [-0.2, 0) is 9.47 Å². The van der Waals surface area contributed by atoms with Crippen molar-refractivity contribution in [2.75, 3.05) is 21.3 Å². The minimum atomic E-state index is -0.661. The van der Waals surface area contributed by atoms with Crippen molar-refractivity contribution in [2.24, 2.45) is 0 Å². The van der Waals surface area contributed by atoms with E-state index in [2.05, 4.69) is 19.9 Å². The molecule has 2 heterocycles. The van der Waals surface area contributed by atoms with Gasteiger partial charge in [-0.3, -0.25) is 4.79 Å². The number of aliphatic hydroxyl groups excluding tert-OH is 2. The van der Waals surface area contributed by atoms with Crippen LogP contribution in [0.5, 0.6) is 0 Å². The number of ketones is 1. The summed E-state index contributed by atoms with van der Waals surface area (Å²) in [5, 5.41) is 16.6. The van der Waals surface area contributed by atoms with Crippen molar-refractivity contribution >= 4 is 26.1 Å². The average molecular weight is 628 g/mol. The smallest absolute Gasteiger partial charge is 1.00 e. The summed E-state index contributed by atoms with van der Waals surface area (Å²) in [6.07, 6.45) is -0.661. The molecule has 1 atom stereocenters. The number of carbonyl (C=O) groups excluding carboxylic acids is 3. The number of esters is 2. The zero-order valence-electron chi connectivity index (χ0n) is 28.9. The molecule has 3 radical (unpaired) electrons. The molecule has 4 N–H and O–H groups in total. The van der Waals surface area contributed by atoms with E-state index in [4.69, 9.17) is 14.6 Å². The van der Waals surface area contributed by atoms with E-state index in [0.29, 0.717) is 28.5 Å². The minimum absolute atomic E-state index is 0. The molecule has 13 heteroatoms. The number of hydrogen-bond acceptors (Lipinski definition) is 9. The first-order valence-electron chi connectivity index (χ1n) is 13.4. The minimum Gasteiger partial charge on any atom is -1.00 e. The third kappa shape index (κ3) is 9.97. The van der Waals surface area contributed by atoms with Gasteiger partial charge in [0.1, 0.15) is 11.9 Å². The molecule has 0 aliphatic rings. The predicted octanol–water partition coefficient (Wildman–Crippen LogP) is 1.87. The summed E-state index contributed by atoms with van der Waals surface area (Å²) in [7, 11) is 3.71. The number of rotatable bonds is 6. The van der Waals surface area contributed by atoms with Crippen molar-refractivity contribution in [3.8, 4) is 22.5 Å². The Morgan fingerprint density at radius 1 is 0.800 bits per heavy atom. The Morgan fingerprint density at radius 2 is 1.33 bits per heavy atom. The molecule has 0 bridgehead atoms. The van der Waals surface area contributed by atoms with E-state index in [9.17, 15) is 19.5 Å². The van der Waals surface area contributed by atoms with Gasteiger partial charge in [-0.15, -0.1) is 0 Å². The number of hydrogen-bond donors (Lipinski definition) is 4. The van der Waals surface area contributed by atoms with Gasteiger partial charge in [-0.25, -0.2) is 19.6 Å². The molecule has 4 rings (SSSR count). The largest absolute Gasteiger partial charge is 1.00 e. The molecule has 45 heavy (non-hydrogen) atoms. The molecule has 0 aliphatic heterocycles. The molecule has 11 nitrogen and oxygen atoms in total. The molecule has 0 saturated carbocycles. The van der Waals surface area contributed by atoms with Crippen LogP contribution in [0.15, 0.2) is 30.3 Å². The molecule has 0 aliphatic carbocycles. The van der Waals surface area contributed by atoms with Crippen molar-refractivity contribution in [1.29, 1.82) is 0 Å². The van der Waals surface area contributed by atoms with E-state index in [1.807, 2.05) is 46.8 Å². The molecule has 2 aromatic carbocycles. The number of H-pyrrole nitrogens is 2. The fraction of sp³-hybridized carbons (Fsp3) is 0.344. The first-order valence-corrected chi connectivity index (χ1v) is 13.4. The molecule has 0 fully saturated rings. The van der Waals surface area contributed by atoms with Gasteiger partial charge in [-0.2, -0.15) is 0 Å². The third-order valence-electron chi connectivity index (χ3n) is 6.66. The number of nitrogens with zero attached hydrogens (tertiary/aromatic N) is 2. The Hall–Kier alpha value is -3.55. The van der Waals surface area contributed by atoms with Gasteiger partial charge in [-0.1, -0.05) is 12.1 Å². The van der Waals surface area contributed by atoms with Crippen LogP contribution in [0.4, 0.5) is 0 Å². The molecule has 0 amide bonds. The van der Waals surface area contributed by atoms with Crippen molar-refractivity contribution in [1.82, 2.24) is 19.9 Å². The number of imidazole rings is 2. The number of benzene rings is 2. The first kappa shape index (κ1) is 41.5. The number of aromatic amines is 2. The maximum absolute atomic E-state index is 11.8. The fourth-order valence-corrected chi connectivity index (χ4v) is 4.39. The van der Waals surface area contributed by atoms with Crippen LogP contribution in [0.1, 0.15) is 86.6 Å². The molecular formula is C32H41BN4NaO7. The zero-order valence-corrected chi connectivity index (χ0v) is 29.9. The number of carbonyl (C=O) groups is 3. The second-order valence-electron chi connectivity index (χ2n) is 9.88. The van der Waals surface area contributed by atoms with Crippen LogP contribution in [0.2, 0.25) is 0 Å². The van der Waals surface area contributed by atoms with Gasteiger partial charge in [0.05, 0.1) is 36.7 Å². The predicted molar refractivity (Wildman–Crippen MR) is 170 cm³/mol. The Bertz CT molecular complexity index is 1640. The van der Waals surface area contributed by atoms with Crippen LogP contribution >= 0.6 is 0 Å². The van der Waals surface area contributed by atoms with Crippen LogP contribution < -0.4 is 29.6 Å². The van der Waals surface area contributed by atoms with Crippen LogP contribution in [0.25, 0.3) is 22.5 Å². The standard InChI is InChI=1S/C16H18N2O3.C15H18N2O3.CH4O.B.Na.H/c1-8-6-9(2)13(16(20)21-5)7-12(8)14-10(3)17-15(18-14)11(4)19;1-8-5-6-11(15(19)20-4)7-12(8)13-9(2)16-14(17-13)10(3)18;1-2;;;/h6-7H,1-5H3,(H,17,18);5-7,10,18H,1-4H3,(H,16,17);2H,1H3;;;/q;;;;+1;-1. The Kier molecular flexibility index (Phi) is 17.0. The van der Waals surface area contributed by atoms with E-state index in [0.717, 1.165) is 52.0 Å². The quantitative estimate of drug-likeness (QED) is 0.142. The van der Waals surface area contributed by atoms with Crippen molar-refractivity contribution in [2.45, 2.75) is 54.6 Å². The normalized spacial score (nSPS) is 10.5. The van der Waals surface area contributed by atoms with Gasteiger partial charge in [0.15, 0.2) is 11.6 Å². The van der Waals surface area contributed by atoms with Crippen molar-refractivity contribution in [3.63, 3.8) is 0 Å². The number of aryl methyl sites for hydroxylation is 5. The topological polar surface area (TPSA) is 167 Å². The van der Waals surface area contributed by atoms with E-state index >= 15 is 0 Å². The average Bonchev–Trinajstić information content (AvgIpc) is 3.57. The van der Waals surface area contributed by atoms with Crippen LogP contribution in [0.3, 0.4) is 0 Å². The molecule has 2 aromatic heterocycles. The van der Waals surface area contributed by atoms with Gasteiger partial charge < -0.3 is 31.1 Å². The zero-order chi connectivity index (χ0) is 32.6. The summed E-state index contributed by atoms with van der Waals surface area (Å²) in [6.45, 7) is 12.6. The van der Waals surface area contributed by atoms with Crippen molar-refractivity contribution < 1.29 is 65.1 Å². The second-order valence-corrected chi connectivity index (χ2v) is 9.88. The van der Waals surface area contributed by atoms with Gasteiger partial charge in [0, 0.05) is 45.0 Å². The number of nitrogens with one attached hydrogen (secondary N) is 2. The molecule has 0 spiro atoms. The summed E-state index contributed by atoms with van der Waals surface area (Å²) < 4.78 is 9.53. The second kappa shape index (κ2) is 18.4. The Balaban J connectivity index is 0. The molecular weight excluding hydrogens is 586 g/mol. The third-order valence-corrected chi connectivity index (χ3v) is 6.66. The monoisotopic (exact) mass is 627 g/mol. The first-order chi connectivity index (χ1) is 20.3. The molecule has 0 saturated heterocycles. The number of aromatic nitrogens is 4. The van der Waals surface area contributed by atoms with E-state index < -0.39 is 6.10 Å². The summed E-state index contributed by atoms with van der Waals surface area (Å²) >= 11 is 0. The van der Waals surface area contributed by atoms with Crippen molar-refractivity contribution in [3.05, 3.63) is 81.2 Å². The van der Waals surface area contributed by atoms with E-state index in [-0.39, 0.29) is 57.1 Å². The van der Waals surface area contributed by atoms with Crippen LogP contribution in [-0.4, -0.2) is 77.6 Å². The number of Topliss-reactive ketones (excluding diaryl/α,β-unsaturated/α-hetero) is 1. The SMILES string of the molecule is CO.COC(=O)c1cc(-c2nc(C(C)=O)[nH]c2C)c(C)cc1C.COC(=O)c1ccc(C)c(-c2nc(C(C)O)[nH]c2C)c1.[B].[H-].[Na+]. The maximum atomic E-state index is 11.8. The summed E-state index contributed by atoms with van der Waals surface area (Å²) in [5.41, 5.74) is 8.58. The van der Waals surface area contributed by atoms with Crippen LogP contribution in [0, 0.1) is 34.6 Å². The summed E-state index contributed by atoms with van der Waals surface area (Å²) in [4.78, 5) is 49.6. The summed E-state index contributed by atoms with van der Waals surface area (Å²) in [6, 6.07) is 9.03. The van der Waals surface area contributed by atoms with Gasteiger partial charge >= 0.3 is 41.5 Å². The summed E-state index contributed by atoms with van der Waals surface area (Å²) in [5.74, 6) is -0.0475. The van der Waals surface area contributed by atoms with Gasteiger partial charge in [0.2, 0.25) is 0 Å². The van der Waals surface area contributed by atoms with E-state index in [1.165, 1.54) is 21.1 Å². The number of aliphatic hydroxyl groups is 2.